The molecule has 1 atom stereocenters. The first-order valence-corrected chi connectivity index (χ1v) is 14.5. The molecular formula is C35H51N3O2. The standard InChI is InChI=1S/C33H45N3O2.C2H6/c1-9-12-14-15-31(38-8)33(32(26(6)25(4)5)30(11-3)34-7)36(24-37)29-18-16-27(17-19-29)28-20-22-35(23-28)21-13-10-2;1-2/h9,12,14-20,22-25,33-34H,1,6,10-11,13,21H2,2-5,7-8H3;1-2H3/b14-12-,31-15-,32-30+;. The van der Waals surface area contributed by atoms with Gasteiger partial charge in [0.25, 0.3) is 0 Å². The molecule has 0 aliphatic heterocycles. The lowest BCUT2D eigenvalue weighted by Crippen LogP contribution is -2.40. The average molecular weight is 546 g/mol. The summed E-state index contributed by atoms with van der Waals surface area (Å²) in [5, 5.41) is 3.35. The Morgan fingerprint density at radius 2 is 1.77 bits per heavy atom. The first-order valence-electron chi connectivity index (χ1n) is 14.5. The van der Waals surface area contributed by atoms with Crippen LogP contribution in [0.3, 0.4) is 0 Å². The van der Waals surface area contributed by atoms with Gasteiger partial charge in [-0.2, -0.15) is 0 Å². The minimum Gasteiger partial charge on any atom is -0.499 e. The molecule has 2 aromatic rings. The van der Waals surface area contributed by atoms with Crippen LogP contribution in [0.15, 0.2) is 103 Å². The summed E-state index contributed by atoms with van der Waals surface area (Å²) in [5.74, 6) is 0.808. The number of methoxy groups -OCH3 is 1. The summed E-state index contributed by atoms with van der Waals surface area (Å²) in [6.45, 7) is 21.7. The van der Waals surface area contributed by atoms with Crippen LogP contribution in [-0.2, 0) is 16.1 Å². The van der Waals surface area contributed by atoms with Crippen molar-refractivity contribution in [2.24, 2.45) is 5.92 Å². The van der Waals surface area contributed by atoms with E-state index in [0.717, 1.165) is 59.5 Å². The monoisotopic (exact) mass is 545 g/mol. The summed E-state index contributed by atoms with van der Waals surface area (Å²) in [6, 6.07) is 9.74. The van der Waals surface area contributed by atoms with Crippen LogP contribution >= 0.6 is 0 Å². The Labute approximate surface area is 243 Å². The number of carbonyl (C=O) groups is 1. The summed E-state index contributed by atoms with van der Waals surface area (Å²) in [7, 11) is 3.54. The maximum absolute atomic E-state index is 12.8. The molecule has 0 fully saturated rings. The lowest BCUT2D eigenvalue weighted by molar-refractivity contribution is -0.107. The molecule has 1 unspecified atom stereocenters. The lowest BCUT2D eigenvalue weighted by Gasteiger charge is -2.35. The number of amides is 1. The van der Waals surface area contributed by atoms with Gasteiger partial charge in [0.15, 0.2) is 0 Å². The summed E-state index contributed by atoms with van der Waals surface area (Å²) < 4.78 is 8.14. The molecule has 1 amide bonds. The highest BCUT2D eigenvalue weighted by molar-refractivity contribution is 5.80. The van der Waals surface area contributed by atoms with E-state index in [-0.39, 0.29) is 5.92 Å². The molecule has 218 valence electrons. The number of nitrogens with one attached hydrogen (secondary N) is 1. The molecule has 5 heteroatoms. The van der Waals surface area contributed by atoms with Crippen LogP contribution in [0.4, 0.5) is 5.69 Å². The zero-order valence-corrected chi connectivity index (χ0v) is 26.0. The summed E-state index contributed by atoms with van der Waals surface area (Å²) >= 11 is 0. The molecule has 0 radical (unpaired) electrons. The highest BCUT2D eigenvalue weighted by atomic mass is 16.5. The number of aromatic nitrogens is 1. The van der Waals surface area contributed by atoms with Crippen LogP contribution in [0.1, 0.15) is 60.8 Å². The molecule has 0 aliphatic carbocycles. The van der Waals surface area contributed by atoms with Crippen LogP contribution in [0, 0.1) is 5.92 Å². The smallest absolute Gasteiger partial charge is 0.215 e. The SMILES string of the molecule is C=C/C=C\C=C(/OC)C(/C(C(=C)C(C)C)=C(\CC)NC)N(C=O)c1ccc(-c2ccn(CCCC)c2)cc1.CC. The second-order valence-electron chi connectivity index (χ2n) is 9.52. The fraction of sp³-hybridized carbons (Fsp3) is 0.400. The molecule has 1 N–H and O–H groups in total. The second kappa shape index (κ2) is 18.5. The van der Waals surface area contributed by atoms with Gasteiger partial charge in [-0.25, -0.2) is 0 Å². The Morgan fingerprint density at radius 3 is 2.27 bits per heavy atom. The fourth-order valence-electron chi connectivity index (χ4n) is 4.45. The number of hydrogen-bond acceptors (Lipinski definition) is 3. The van der Waals surface area contributed by atoms with E-state index in [0.29, 0.717) is 5.76 Å². The van der Waals surface area contributed by atoms with Crippen LogP contribution in [0.5, 0.6) is 0 Å². The zero-order valence-electron chi connectivity index (χ0n) is 26.0. The third kappa shape index (κ3) is 9.18. The molecule has 5 nitrogen and oxygen atoms in total. The maximum Gasteiger partial charge on any atom is 0.215 e. The molecule has 1 aromatic heterocycles. The number of hydrogen-bond donors (Lipinski definition) is 1. The molecule has 2 rings (SSSR count). The first kappa shape index (κ1) is 34.3. The number of rotatable bonds is 16. The third-order valence-corrected chi connectivity index (χ3v) is 6.72. The number of allylic oxidation sites excluding steroid dienone is 5. The van der Waals surface area contributed by atoms with E-state index in [1.807, 2.05) is 51.3 Å². The molecule has 0 bridgehead atoms. The molecule has 0 spiro atoms. The number of benzene rings is 1. The number of aryl methyl sites for hydroxylation is 1. The Balaban J connectivity index is 0.00000391. The van der Waals surface area contributed by atoms with E-state index in [9.17, 15) is 4.79 Å². The van der Waals surface area contributed by atoms with Crippen LogP contribution in [-0.4, -0.2) is 31.2 Å². The van der Waals surface area contributed by atoms with E-state index in [4.69, 9.17) is 4.74 Å². The van der Waals surface area contributed by atoms with Crippen molar-refractivity contribution in [3.05, 3.63) is 103 Å². The molecule has 1 aromatic carbocycles. The van der Waals surface area contributed by atoms with E-state index in [2.05, 4.69) is 81.3 Å². The Morgan fingerprint density at radius 1 is 1.10 bits per heavy atom. The summed E-state index contributed by atoms with van der Waals surface area (Å²) in [4.78, 5) is 14.5. The van der Waals surface area contributed by atoms with Gasteiger partial charge in [0.05, 0.1) is 7.11 Å². The molecule has 40 heavy (non-hydrogen) atoms. The molecule has 1 heterocycles. The number of ether oxygens (including phenoxy) is 1. The van der Waals surface area contributed by atoms with Crippen molar-refractivity contribution in [1.82, 2.24) is 9.88 Å². The van der Waals surface area contributed by atoms with Gasteiger partial charge in [0.2, 0.25) is 6.41 Å². The van der Waals surface area contributed by atoms with Crippen molar-refractivity contribution in [3.63, 3.8) is 0 Å². The Hall–Kier alpha value is -3.73. The molecule has 0 saturated carbocycles. The van der Waals surface area contributed by atoms with Crippen LogP contribution < -0.4 is 10.2 Å². The quantitative estimate of drug-likeness (QED) is 0.130. The van der Waals surface area contributed by atoms with Crippen molar-refractivity contribution in [2.45, 2.75) is 73.4 Å². The van der Waals surface area contributed by atoms with Gasteiger partial charge in [-0.1, -0.05) is 91.5 Å². The van der Waals surface area contributed by atoms with Crippen LogP contribution in [0.2, 0.25) is 0 Å². The van der Waals surface area contributed by atoms with Gasteiger partial charge in [-0.05, 0) is 59.7 Å². The minimum absolute atomic E-state index is 0.178. The van der Waals surface area contributed by atoms with Crippen molar-refractivity contribution in [2.75, 3.05) is 19.1 Å². The predicted octanol–water partition coefficient (Wildman–Crippen LogP) is 8.68. The van der Waals surface area contributed by atoms with E-state index >= 15 is 0 Å². The minimum atomic E-state index is -0.509. The molecule has 0 aliphatic rings. The van der Waals surface area contributed by atoms with Gasteiger partial charge >= 0.3 is 0 Å². The number of nitrogens with zero attached hydrogens (tertiary/aromatic N) is 2. The number of anilines is 1. The topological polar surface area (TPSA) is 46.5 Å². The number of unbranched alkanes of at least 4 members (excludes halogenated alkanes) is 1. The Bertz CT molecular complexity index is 1140. The van der Waals surface area contributed by atoms with Gasteiger partial charge < -0.3 is 19.5 Å². The van der Waals surface area contributed by atoms with Crippen molar-refractivity contribution >= 4 is 12.1 Å². The maximum atomic E-state index is 12.8. The zero-order chi connectivity index (χ0) is 30.1. The summed E-state index contributed by atoms with van der Waals surface area (Å²) in [5.41, 5.74) is 5.96. The normalized spacial score (nSPS) is 12.8. The summed E-state index contributed by atoms with van der Waals surface area (Å²) in [6.07, 6.45) is 15.6. The largest absolute Gasteiger partial charge is 0.499 e. The van der Waals surface area contributed by atoms with Crippen molar-refractivity contribution in [3.8, 4) is 11.1 Å². The highest BCUT2D eigenvalue weighted by Gasteiger charge is 2.32. The molecular weight excluding hydrogens is 494 g/mol. The van der Waals surface area contributed by atoms with E-state index < -0.39 is 6.04 Å². The lowest BCUT2D eigenvalue weighted by atomic mass is 9.87. The first-order chi connectivity index (χ1) is 19.4. The highest BCUT2D eigenvalue weighted by Crippen LogP contribution is 2.34. The van der Waals surface area contributed by atoms with Crippen molar-refractivity contribution in [1.29, 1.82) is 0 Å². The van der Waals surface area contributed by atoms with E-state index in [1.54, 1.807) is 18.1 Å². The van der Waals surface area contributed by atoms with Gasteiger partial charge in [0, 0.05) is 42.9 Å². The second-order valence-corrected chi connectivity index (χ2v) is 9.52. The Kier molecular flexibility index (Phi) is 15.9. The third-order valence-electron chi connectivity index (χ3n) is 6.72. The van der Waals surface area contributed by atoms with Crippen molar-refractivity contribution < 1.29 is 9.53 Å². The van der Waals surface area contributed by atoms with Gasteiger partial charge in [-0.15, -0.1) is 0 Å². The molecule has 0 saturated heterocycles. The predicted molar refractivity (Wildman–Crippen MR) is 173 cm³/mol. The van der Waals surface area contributed by atoms with Gasteiger partial charge in [0.1, 0.15) is 11.8 Å². The van der Waals surface area contributed by atoms with Gasteiger partial charge in [-0.3, -0.25) is 4.79 Å². The number of carbonyl (C=O) groups excluding carboxylic acids is 1. The van der Waals surface area contributed by atoms with E-state index in [1.165, 1.54) is 6.42 Å². The van der Waals surface area contributed by atoms with Crippen LogP contribution in [0.25, 0.3) is 11.1 Å². The fourth-order valence-corrected chi connectivity index (χ4v) is 4.45. The average Bonchev–Trinajstić information content (AvgIpc) is 3.46.